The lowest BCUT2D eigenvalue weighted by Gasteiger charge is -2.25. The maximum atomic E-state index is 5.84. The molecule has 96 valence electrons. The molecule has 1 aliphatic heterocycles. The number of ether oxygens (including phenoxy) is 1. The fraction of sp³-hybridized carbons (Fsp3) is 1.00. The van der Waals surface area contributed by atoms with E-state index in [1.807, 2.05) is 0 Å². The zero-order valence-electron chi connectivity index (χ0n) is 11.4. The number of rotatable bonds is 7. The van der Waals surface area contributed by atoms with Crippen LogP contribution in [0.1, 0.15) is 33.6 Å². The Hall–Kier alpha value is -0.120. The molecule has 16 heavy (non-hydrogen) atoms. The molecule has 0 spiro atoms. The van der Waals surface area contributed by atoms with Crippen LogP contribution in [-0.2, 0) is 4.74 Å². The topological polar surface area (TPSA) is 15.7 Å². The van der Waals surface area contributed by atoms with Gasteiger partial charge in [-0.3, -0.25) is 0 Å². The highest BCUT2D eigenvalue weighted by Crippen LogP contribution is 2.06. The molecule has 1 fully saturated rings. The van der Waals surface area contributed by atoms with E-state index in [0.717, 1.165) is 19.7 Å². The average Bonchev–Trinajstić information content (AvgIpc) is 2.70. The van der Waals surface area contributed by atoms with Crippen molar-refractivity contribution >= 4 is 0 Å². The fourth-order valence-electron chi connectivity index (χ4n) is 2.06. The third kappa shape index (κ3) is 5.28. The Morgan fingerprint density at radius 3 is 2.38 bits per heavy atom. The van der Waals surface area contributed by atoms with Crippen LogP contribution >= 0.6 is 0 Å². The van der Waals surface area contributed by atoms with Gasteiger partial charge in [0.25, 0.3) is 0 Å². The first-order valence-electron chi connectivity index (χ1n) is 6.64. The van der Waals surface area contributed by atoms with E-state index in [0.29, 0.717) is 12.1 Å². The summed E-state index contributed by atoms with van der Waals surface area (Å²) in [6.45, 7) is 12.2. The van der Waals surface area contributed by atoms with Gasteiger partial charge in [-0.25, -0.2) is 0 Å². The van der Waals surface area contributed by atoms with Crippen LogP contribution in [0.4, 0.5) is 0 Å². The summed E-state index contributed by atoms with van der Waals surface area (Å²) in [7, 11) is 2.16. The monoisotopic (exact) mass is 228 g/mol. The van der Waals surface area contributed by atoms with Crippen molar-refractivity contribution in [2.75, 3.05) is 39.8 Å². The molecule has 1 unspecified atom stereocenters. The average molecular weight is 228 g/mol. The van der Waals surface area contributed by atoms with Crippen molar-refractivity contribution in [1.29, 1.82) is 0 Å². The Bertz CT molecular complexity index is 179. The Morgan fingerprint density at radius 2 is 1.81 bits per heavy atom. The number of likely N-dealkylation sites (tertiary alicyclic amines) is 1. The van der Waals surface area contributed by atoms with Crippen LogP contribution in [0.2, 0.25) is 0 Å². The molecule has 1 rings (SSSR count). The van der Waals surface area contributed by atoms with Crippen molar-refractivity contribution in [3.05, 3.63) is 0 Å². The molecule has 3 heteroatoms. The molecule has 1 atom stereocenters. The first kappa shape index (κ1) is 13.9. The summed E-state index contributed by atoms with van der Waals surface area (Å²) in [4.78, 5) is 4.83. The molecule has 0 aromatic rings. The summed E-state index contributed by atoms with van der Waals surface area (Å²) >= 11 is 0. The standard InChI is InChI=1S/C13H28N2O/c1-12(2)14(4)11-13(3)16-10-9-15-7-5-6-8-15/h12-13H,5-11H2,1-4H3. The second-order valence-corrected chi connectivity index (χ2v) is 5.26. The minimum absolute atomic E-state index is 0.343. The maximum absolute atomic E-state index is 5.84. The molecular weight excluding hydrogens is 200 g/mol. The molecule has 1 aliphatic rings. The summed E-state index contributed by atoms with van der Waals surface area (Å²) in [5.74, 6) is 0. The summed E-state index contributed by atoms with van der Waals surface area (Å²) in [5.41, 5.74) is 0. The third-order valence-corrected chi connectivity index (χ3v) is 3.44. The van der Waals surface area contributed by atoms with Crippen molar-refractivity contribution in [2.45, 2.75) is 45.8 Å². The maximum Gasteiger partial charge on any atom is 0.0674 e. The van der Waals surface area contributed by atoms with Gasteiger partial charge < -0.3 is 14.5 Å². The second kappa shape index (κ2) is 7.25. The number of nitrogens with zero attached hydrogens (tertiary/aromatic N) is 2. The molecule has 1 saturated heterocycles. The highest BCUT2D eigenvalue weighted by Gasteiger charge is 2.12. The normalized spacial score (nSPS) is 19.9. The lowest BCUT2D eigenvalue weighted by atomic mass is 10.3. The van der Waals surface area contributed by atoms with Gasteiger partial charge in [0.1, 0.15) is 0 Å². The first-order valence-corrected chi connectivity index (χ1v) is 6.64. The first-order chi connectivity index (χ1) is 7.59. The van der Waals surface area contributed by atoms with Gasteiger partial charge in [0, 0.05) is 19.1 Å². The molecule has 3 nitrogen and oxygen atoms in total. The lowest BCUT2D eigenvalue weighted by Crippen LogP contribution is -2.35. The van der Waals surface area contributed by atoms with E-state index in [-0.39, 0.29) is 0 Å². The molecule has 0 aliphatic carbocycles. The molecule has 0 saturated carbocycles. The van der Waals surface area contributed by atoms with Crippen LogP contribution in [0.3, 0.4) is 0 Å². The number of hydrogen-bond donors (Lipinski definition) is 0. The van der Waals surface area contributed by atoms with E-state index in [2.05, 4.69) is 37.6 Å². The smallest absolute Gasteiger partial charge is 0.0674 e. The van der Waals surface area contributed by atoms with E-state index in [4.69, 9.17) is 4.74 Å². The Morgan fingerprint density at radius 1 is 1.19 bits per heavy atom. The Kier molecular flexibility index (Phi) is 6.32. The lowest BCUT2D eigenvalue weighted by molar-refractivity contribution is 0.0277. The zero-order valence-corrected chi connectivity index (χ0v) is 11.4. The van der Waals surface area contributed by atoms with Gasteiger partial charge in [-0.15, -0.1) is 0 Å². The summed E-state index contributed by atoms with van der Waals surface area (Å²) < 4.78 is 5.84. The van der Waals surface area contributed by atoms with E-state index < -0.39 is 0 Å². The SMILES string of the molecule is CC(CN(C)C(C)C)OCCN1CCCC1. The van der Waals surface area contributed by atoms with Gasteiger partial charge in [0.15, 0.2) is 0 Å². The highest BCUT2D eigenvalue weighted by atomic mass is 16.5. The fourth-order valence-corrected chi connectivity index (χ4v) is 2.06. The van der Waals surface area contributed by atoms with Crippen LogP contribution in [0.15, 0.2) is 0 Å². The minimum Gasteiger partial charge on any atom is -0.376 e. The van der Waals surface area contributed by atoms with Crippen LogP contribution < -0.4 is 0 Å². The van der Waals surface area contributed by atoms with Gasteiger partial charge >= 0.3 is 0 Å². The Balaban J connectivity index is 2.03. The number of hydrogen-bond acceptors (Lipinski definition) is 3. The van der Waals surface area contributed by atoms with Crippen molar-refractivity contribution in [1.82, 2.24) is 9.80 Å². The molecule has 0 N–H and O–H groups in total. The second-order valence-electron chi connectivity index (χ2n) is 5.26. The molecule has 0 aromatic carbocycles. The molecule has 1 heterocycles. The Labute approximate surface area is 101 Å². The predicted molar refractivity (Wildman–Crippen MR) is 68.9 cm³/mol. The quantitative estimate of drug-likeness (QED) is 0.661. The van der Waals surface area contributed by atoms with Crippen molar-refractivity contribution < 1.29 is 4.74 Å². The largest absolute Gasteiger partial charge is 0.376 e. The van der Waals surface area contributed by atoms with Crippen LogP contribution in [-0.4, -0.2) is 61.8 Å². The van der Waals surface area contributed by atoms with E-state index >= 15 is 0 Å². The van der Waals surface area contributed by atoms with Crippen molar-refractivity contribution in [3.63, 3.8) is 0 Å². The van der Waals surface area contributed by atoms with Crippen molar-refractivity contribution in [3.8, 4) is 0 Å². The van der Waals surface area contributed by atoms with E-state index in [1.165, 1.54) is 25.9 Å². The van der Waals surface area contributed by atoms with Crippen LogP contribution in [0, 0.1) is 0 Å². The summed E-state index contributed by atoms with van der Waals surface area (Å²) in [6.07, 6.45) is 3.08. The summed E-state index contributed by atoms with van der Waals surface area (Å²) in [6, 6.07) is 0.602. The molecule has 0 amide bonds. The van der Waals surface area contributed by atoms with E-state index in [9.17, 15) is 0 Å². The molecule has 0 radical (unpaired) electrons. The van der Waals surface area contributed by atoms with Gasteiger partial charge in [0.2, 0.25) is 0 Å². The molecule has 0 aromatic heterocycles. The van der Waals surface area contributed by atoms with Gasteiger partial charge in [-0.05, 0) is 53.8 Å². The number of likely N-dealkylation sites (N-methyl/N-ethyl adjacent to an activating group) is 1. The molecular formula is C13H28N2O. The van der Waals surface area contributed by atoms with Gasteiger partial charge in [0.05, 0.1) is 12.7 Å². The molecule has 0 bridgehead atoms. The van der Waals surface area contributed by atoms with Crippen molar-refractivity contribution in [2.24, 2.45) is 0 Å². The van der Waals surface area contributed by atoms with Gasteiger partial charge in [-0.1, -0.05) is 0 Å². The zero-order chi connectivity index (χ0) is 12.0. The highest BCUT2D eigenvalue weighted by molar-refractivity contribution is 4.66. The van der Waals surface area contributed by atoms with Gasteiger partial charge in [-0.2, -0.15) is 0 Å². The third-order valence-electron chi connectivity index (χ3n) is 3.44. The predicted octanol–water partition coefficient (Wildman–Crippen LogP) is 1.83. The van der Waals surface area contributed by atoms with E-state index in [1.54, 1.807) is 0 Å². The minimum atomic E-state index is 0.343. The summed E-state index contributed by atoms with van der Waals surface area (Å²) in [5, 5.41) is 0. The van der Waals surface area contributed by atoms with Crippen LogP contribution in [0.25, 0.3) is 0 Å². The van der Waals surface area contributed by atoms with Crippen LogP contribution in [0.5, 0.6) is 0 Å².